The second kappa shape index (κ2) is 9.48. The van der Waals surface area contributed by atoms with Crippen molar-refractivity contribution in [3.63, 3.8) is 0 Å². The number of carbonyl (C=O) groups excluding carboxylic acids is 1. The maximum absolute atomic E-state index is 12.5. The molecule has 2 heterocycles. The van der Waals surface area contributed by atoms with Gasteiger partial charge in [0.15, 0.2) is 5.69 Å². The lowest BCUT2D eigenvalue weighted by atomic mass is 10.1. The first-order valence-electron chi connectivity index (χ1n) is 8.51. The molecule has 2 aromatic rings. The van der Waals surface area contributed by atoms with E-state index in [2.05, 4.69) is 20.8 Å². The smallest absolute Gasteiger partial charge is 0.272 e. The Labute approximate surface area is 164 Å². The van der Waals surface area contributed by atoms with Gasteiger partial charge in [-0.1, -0.05) is 0 Å². The maximum Gasteiger partial charge on any atom is 0.272 e. The van der Waals surface area contributed by atoms with Crippen molar-refractivity contribution in [2.75, 3.05) is 34.4 Å². The van der Waals surface area contributed by atoms with Crippen molar-refractivity contribution in [3.05, 3.63) is 34.6 Å². The second-order valence-electron chi connectivity index (χ2n) is 5.97. The van der Waals surface area contributed by atoms with E-state index in [-0.39, 0.29) is 18.3 Å². The average molecular weight is 397 g/mol. The summed E-state index contributed by atoms with van der Waals surface area (Å²) in [7, 11) is 4.78. The molecule has 148 valence electrons. The summed E-state index contributed by atoms with van der Waals surface area (Å²) in [5, 5.41) is 13.3. The van der Waals surface area contributed by atoms with E-state index in [1.807, 2.05) is 0 Å². The number of hydrogen-bond acceptors (Lipinski definition) is 6. The number of rotatable bonds is 7. The molecule has 1 aliphatic heterocycles. The number of H-pyrrole nitrogens is 1. The van der Waals surface area contributed by atoms with Crippen LogP contribution in [0.5, 0.6) is 17.2 Å². The normalized spacial score (nSPS) is 12.6. The Bertz CT molecular complexity index is 769. The van der Waals surface area contributed by atoms with Crippen LogP contribution in [-0.4, -0.2) is 50.5 Å². The SMILES string of the molecule is COc1cc(OC)c(CCNC(=O)c2n[nH]c3c2CNCC3)c(OC)c1.Cl. The summed E-state index contributed by atoms with van der Waals surface area (Å²) >= 11 is 0. The van der Waals surface area contributed by atoms with Gasteiger partial charge in [-0.05, 0) is 6.42 Å². The van der Waals surface area contributed by atoms with Gasteiger partial charge in [0.25, 0.3) is 5.91 Å². The minimum Gasteiger partial charge on any atom is -0.496 e. The Kier molecular flexibility index (Phi) is 7.32. The summed E-state index contributed by atoms with van der Waals surface area (Å²) in [4.78, 5) is 12.5. The van der Waals surface area contributed by atoms with E-state index in [0.717, 1.165) is 29.8 Å². The summed E-state index contributed by atoms with van der Waals surface area (Å²) in [5.74, 6) is 1.80. The van der Waals surface area contributed by atoms with E-state index in [0.29, 0.717) is 42.5 Å². The van der Waals surface area contributed by atoms with Crippen LogP contribution in [0.3, 0.4) is 0 Å². The van der Waals surface area contributed by atoms with Crippen molar-refractivity contribution >= 4 is 18.3 Å². The van der Waals surface area contributed by atoms with Crippen molar-refractivity contribution in [3.8, 4) is 17.2 Å². The number of amides is 1. The van der Waals surface area contributed by atoms with Crippen LogP contribution in [0, 0.1) is 0 Å². The molecule has 0 fully saturated rings. The van der Waals surface area contributed by atoms with Gasteiger partial charge < -0.3 is 24.8 Å². The Hall–Kier alpha value is -2.45. The molecule has 9 heteroatoms. The third-order valence-electron chi connectivity index (χ3n) is 4.50. The van der Waals surface area contributed by atoms with Gasteiger partial charge in [-0.15, -0.1) is 12.4 Å². The molecule has 1 aliphatic rings. The van der Waals surface area contributed by atoms with Crippen LogP contribution in [0.15, 0.2) is 12.1 Å². The van der Waals surface area contributed by atoms with Crippen LogP contribution >= 0.6 is 12.4 Å². The molecule has 0 spiro atoms. The third-order valence-corrected chi connectivity index (χ3v) is 4.50. The number of fused-ring (bicyclic) bond motifs is 1. The molecule has 27 heavy (non-hydrogen) atoms. The predicted octanol–water partition coefficient (Wildman–Crippen LogP) is 1.48. The fourth-order valence-electron chi connectivity index (χ4n) is 3.12. The molecule has 0 atom stereocenters. The molecule has 0 unspecified atom stereocenters. The van der Waals surface area contributed by atoms with E-state index in [1.54, 1.807) is 33.5 Å². The van der Waals surface area contributed by atoms with Crippen LogP contribution in [0.1, 0.15) is 27.3 Å². The van der Waals surface area contributed by atoms with Crippen LogP contribution < -0.4 is 24.8 Å². The molecule has 0 radical (unpaired) electrons. The fourth-order valence-corrected chi connectivity index (χ4v) is 3.12. The standard InChI is InChI=1S/C18H24N4O4.ClH/c1-24-11-8-15(25-2)12(16(9-11)26-3)4-7-20-18(23)17-13-10-19-6-5-14(13)21-22-17;/h8-9,19H,4-7,10H2,1-3H3,(H,20,23)(H,21,22);1H. The molecule has 0 bridgehead atoms. The van der Waals surface area contributed by atoms with Gasteiger partial charge >= 0.3 is 0 Å². The van der Waals surface area contributed by atoms with Gasteiger partial charge in [0.05, 0.1) is 21.3 Å². The lowest BCUT2D eigenvalue weighted by Gasteiger charge is -2.15. The number of halogens is 1. The lowest BCUT2D eigenvalue weighted by Crippen LogP contribution is -2.29. The molecule has 0 saturated heterocycles. The summed E-state index contributed by atoms with van der Waals surface area (Å²) in [6.07, 6.45) is 1.42. The monoisotopic (exact) mass is 396 g/mol. The number of benzene rings is 1. The molecular formula is C18H25ClN4O4. The van der Waals surface area contributed by atoms with Gasteiger partial charge in [-0.25, -0.2) is 0 Å². The highest BCUT2D eigenvalue weighted by atomic mass is 35.5. The van der Waals surface area contributed by atoms with E-state index in [9.17, 15) is 4.79 Å². The van der Waals surface area contributed by atoms with Crippen LogP contribution in [0.4, 0.5) is 0 Å². The van der Waals surface area contributed by atoms with Gasteiger partial charge in [0.2, 0.25) is 0 Å². The fraction of sp³-hybridized carbons (Fsp3) is 0.444. The summed E-state index contributed by atoms with van der Waals surface area (Å²) in [6.45, 7) is 2.00. The van der Waals surface area contributed by atoms with Gasteiger partial charge in [0.1, 0.15) is 17.2 Å². The van der Waals surface area contributed by atoms with Crippen LogP contribution in [-0.2, 0) is 19.4 Å². The van der Waals surface area contributed by atoms with E-state index >= 15 is 0 Å². The van der Waals surface area contributed by atoms with Crippen molar-refractivity contribution in [1.29, 1.82) is 0 Å². The first-order chi connectivity index (χ1) is 12.7. The average Bonchev–Trinajstić information content (AvgIpc) is 3.11. The predicted molar refractivity (Wildman–Crippen MR) is 103 cm³/mol. The topological polar surface area (TPSA) is 97.5 Å². The molecule has 0 saturated carbocycles. The Morgan fingerprint density at radius 3 is 2.52 bits per heavy atom. The van der Waals surface area contributed by atoms with E-state index in [1.165, 1.54) is 0 Å². The Morgan fingerprint density at radius 1 is 1.19 bits per heavy atom. The molecule has 8 nitrogen and oxygen atoms in total. The zero-order chi connectivity index (χ0) is 18.5. The minimum absolute atomic E-state index is 0. The van der Waals surface area contributed by atoms with Crippen LogP contribution in [0.25, 0.3) is 0 Å². The van der Waals surface area contributed by atoms with Crippen LogP contribution in [0.2, 0.25) is 0 Å². The zero-order valence-corrected chi connectivity index (χ0v) is 16.5. The van der Waals surface area contributed by atoms with Crippen molar-refractivity contribution < 1.29 is 19.0 Å². The summed E-state index contributed by atoms with van der Waals surface area (Å²) < 4.78 is 16.1. The zero-order valence-electron chi connectivity index (χ0n) is 15.7. The van der Waals surface area contributed by atoms with E-state index in [4.69, 9.17) is 14.2 Å². The third kappa shape index (κ3) is 4.45. The first-order valence-corrected chi connectivity index (χ1v) is 8.51. The molecule has 1 aromatic carbocycles. The summed E-state index contributed by atoms with van der Waals surface area (Å²) in [6, 6.07) is 3.60. The van der Waals surface area contributed by atoms with Gasteiger partial charge in [0, 0.05) is 55.0 Å². The molecule has 1 aromatic heterocycles. The molecular weight excluding hydrogens is 372 g/mol. The van der Waals surface area contributed by atoms with Crippen molar-refractivity contribution in [2.24, 2.45) is 0 Å². The number of methoxy groups -OCH3 is 3. The molecule has 3 rings (SSSR count). The highest BCUT2D eigenvalue weighted by Crippen LogP contribution is 2.34. The number of nitrogens with zero attached hydrogens (tertiary/aromatic N) is 1. The van der Waals surface area contributed by atoms with Crippen molar-refractivity contribution in [1.82, 2.24) is 20.8 Å². The maximum atomic E-state index is 12.5. The first kappa shape index (κ1) is 20.9. The largest absolute Gasteiger partial charge is 0.496 e. The quantitative estimate of drug-likeness (QED) is 0.655. The van der Waals surface area contributed by atoms with E-state index < -0.39 is 0 Å². The number of ether oxygens (including phenoxy) is 3. The number of hydrogen-bond donors (Lipinski definition) is 3. The molecule has 1 amide bonds. The lowest BCUT2D eigenvalue weighted by molar-refractivity contribution is 0.0947. The Balaban J connectivity index is 0.00000261. The van der Waals surface area contributed by atoms with Gasteiger partial charge in [-0.3, -0.25) is 9.89 Å². The highest BCUT2D eigenvalue weighted by Gasteiger charge is 2.21. The number of nitrogens with one attached hydrogen (secondary N) is 3. The molecule has 0 aliphatic carbocycles. The second-order valence-corrected chi connectivity index (χ2v) is 5.97. The van der Waals surface area contributed by atoms with Crippen molar-refractivity contribution in [2.45, 2.75) is 19.4 Å². The molecule has 3 N–H and O–H groups in total. The minimum atomic E-state index is -0.183. The summed E-state index contributed by atoms with van der Waals surface area (Å²) in [5.41, 5.74) is 3.32. The number of carbonyl (C=O) groups is 1. The Morgan fingerprint density at radius 2 is 1.89 bits per heavy atom. The highest BCUT2D eigenvalue weighted by molar-refractivity contribution is 5.94. The number of aromatic amines is 1. The number of aromatic nitrogens is 2. The van der Waals surface area contributed by atoms with Gasteiger partial charge in [-0.2, -0.15) is 5.10 Å².